The number of aliphatic hydroxyl groups excluding tert-OH is 1. The van der Waals surface area contributed by atoms with E-state index in [1.807, 2.05) is 25.1 Å². The van der Waals surface area contributed by atoms with Crippen LogP contribution in [0.1, 0.15) is 24.5 Å². The fourth-order valence-electron chi connectivity index (χ4n) is 1.85. The topological polar surface area (TPSA) is 49.8 Å². The van der Waals surface area contributed by atoms with Gasteiger partial charge in [0.15, 0.2) is 0 Å². The van der Waals surface area contributed by atoms with E-state index in [0.29, 0.717) is 19.4 Å². The van der Waals surface area contributed by atoms with Crippen LogP contribution in [0.25, 0.3) is 0 Å². The Bertz CT molecular complexity index is 429. The molecule has 0 spiro atoms. The highest BCUT2D eigenvalue weighted by atomic mass is 16.5. The van der Waals surface area contributed by atoms with Crippen LogP contribution in [0.2, 0.25) is 0 Å². The molecule has 1 N–H and O–H groups in total. The van der Waals surface area contributed by atoms with E-state index in [1.54, 1.807) is 26.0 Å². The van der Waals surface area contributed by atoms with Crippen molar-refractivity contribution < 1.29 is 14.6 Å². The number of aryl methyl sites for hydroxylation is 1. The lowest BCUT2D eigenvalue weighted by Crippen LogP contribution is -2.30. The molecule has 0 aliphatic rings. The molecule has 0 fully saturated rings. The standard InChI is InChI=1S/C15H23NO3/c1-11-5-6-14(19-4)13(9-11)10-15(18)16(3)8-7-12(2)17/h5-6,9,12,17H,7-8,10H2,1-4H3. The summed E-state index contributed by atoms with van der Waals surface area (Å²) in [6, 6.07) is 5.82. The number of benzene rings is 1. The Labute approximate surface area is 115 Å². The second-order valence-electron chi connectivity index (χ2n) is 4.95. The van der Waals surface area contributed by atoms with Crippen LogP contribution in [-0.2, 0) is 11.2 Å². The van der Waals surface area contributed by atoms with E-state index < -0.39 is 0 Å². The Kier molecular flexibility index (Phi) is 5.83. The second kappa shape index (κ2) is 7.14. The third-order valence-corrected chi connectivity index (χ3v) is 3.09. The van der Waals surface area contributed by atoms with E-state index >= 15 is 0 Å². The number of hydrogen-bond donors (Lipinski definition) is 1. The highest BCUT2D eigenvalue weighted by molar-refractivity contribution is 5.79. The number of hydrogen-bond acceptors (Lipinski definition) is 3. The number of methoxy groups -OCH3 is 1. The van der Waals surface area contributed by atoms with Crippen LogP contribution in [0.3, 0.4) is 0 Å². The summed E-state index contributed by atoms with van der Waals surface area (Å²) in [4.78, 5) is 13.7. The predicted octanol–water partition coefficient (Wildman–Crippen LogP) is 1.78. The lowest BCUT2D eigenvalue weighted by atomic mass is 10.1. The first kappa shape index (κ1) is 15.5. The van der Waals surface area contributed by atoms with Gasteiger partial charge in [-0.15, -0.1) is 0 Å². The maximum absolute atomic E-state index is 12.1. The average Bonchev–Trinajstić information content (AvgIpc) is 2.36. The van der Waals surface area contributed by atoms with Gasteiger partial charge in [-0.05, 0) is 26.3 Å². The molecule has 1 unspecified atom stereocenters. The summed E-state index contributed by atoms with van der Waals surface area (Å²) in [6.07, 6.45) is 0.526. The third kappa shape index (κ3) is 4.91. The van der Waals surface area contributed by atoms with Gasteiger partial charge in [0.1, 0.15) is 5.75 Å². The highest BCUT2D eigenvalue weighted by Crippen LogP contribution is 2.20. The van der Waals surface area contributed by atoms with Gasteiger partial charge in [-0.3, -0.25) is 4.79 Å². The average molecular weight is 265 g/mol. The van der Waals surface area contributed by atoms with Gasteiger partial charge < -0.3 is 14.7 Å². The second-order valence-corrected chi connectivity index (χ2v) is 4.95. The van der Waals surface area contributed by atoms with Crippen molar-refractivity contribution in [3.63, 3.8) is 0 Å². The van der Waals surface area contributed by atoms with Gasteiger partial charge in [-0.25, -0.2) is 0 Å². The SMILES string of the molecule is COc1ccc(C)cc1CC(=O)N(C)CCC(C)O. The molecule has 0 aliphatic carbocycles. The van der Waals surface area contributed by atoms with Gasteiger partial charge in [0.2, 0.25) is 5.91 Å². The van der Waals surface area contributed by atoms with E-state index in [9.17, 15) is 9.90 Å². The first-order valence-electron chi connectivity index (χ1n) is 6.49. The van der Waals surface area contributed by atoms with Crippen LogP contribution in [0.15, 0.2) is 18.2 Å². The van der Waals surface area contributed by atoms with Gasteiger partial charge >= 0.3 is 0 Å². The Hall–Kier alpha value is -1.55. The van der Waals surface area contributed by atoms with E-state index in [2.05, 4.69) is 0 Å². The van der Waals surface area contributed by atoms with Crippen LogP contribution in [0.4, 0.5) is 0 Å². The van der Waals surface area contributed by atoms with Gasteiger partial charge in [-0.1, -0.05) is 17.7 Å². The number of amides is 1. The predicted molar refractivity (Wildman–Crippen MR) is 75.4 cm³/mol. The molecule has 106 valence electrons. The third-order valence-electron chi connectivity index (χ3n) is 3.09. The summed E-state index contributed by atoms with van der Waals surface area (Å²) in [5.41, 5.74) is 2.01. The number of likely N-dealkylation sites (N-methyl/N-ethyl adjacent to an activating group) is 1. The Morgan fingerprint density at radius 2 is 2.16 bits per heavy atom. The van der Waals surface area contributed by atoms with Gasteiger partial charge in [-0.2, -0.15) is 0 Å². The zero-order chi connectivity index (χ0) is 14.4. The number of carbonyl (C=O) groups excluding carboxylic acids is 1. The molecule has 0 bridgehead atoms. The molecule has 1 rings (SSSR count). The monoisotopic (exact) mass is 265 g/mol. The van der Waals surface area contributed by atoms with Crippen LogP contribution in [-0.4, -0.2) is 42.7 Å². The summed E-state index contributed by atoms with van der Waals surface area (Å²) in [7, 11) is 3.36. The lowest BCUT2D eigenvalue weighted by molar-refractivity contribution is -0.129. The maximum Gasteiger partial charge on any atom is 0.226 e. The van der Waals surface area contributed by atoms with E-state index in [1.165, 1.54) is 0 Å². The van der Waals surface area contributed by atoms with Crippen LogP contribution in [0.5, 0.6) is 5.75 Å². The fraction of sp³-hybridized carbons (Fsp3) is 0.533. The summed E-state index contributed by atoms with van der Waals surface area (Å²) in [5.74, 6) is 0.771. The number of aliphatic hydroxyl groups is 1. The number of nitrogens with zero attached hydrogens (tertiary/aromatic N) is 1. The van der Waals surface area contributed by atoms with Crippen molar-refractivity contribution in [2.75, 3.05) is 20.7 Å². The molecule has 0 saturated carbocycles. The van der Waals surface area contributed by atoms with Crippen molar-refractivity contribution >= 4 is 5.91 Å². The van der Waals surface area contributed by atoms with Crippen molar-refractivity contribution in [2.45, 2.75) is 32.8 Å². The molecule has 0 radical (unpaired) electrons. The molecule has 4 nitrogen and oxygen atoms in total. The molecule has 19 heavy (non-hydrogen) atoms. The van der Waals surface area contributed by atoms with Crippen LogP contribution >= 0.6 is 0 Å². The Balaban J connectivity index is 2.68. The summed E-state index contributed by atoms with van der Waals surface area (Å²) >= 11 is 0. The van der Waals surface area contributed by atoms with Crippen molar-refractivity contribution in [2.24, 2.45) is 0 Å². The van der Waals surface area contributed by atoms with Gasteiger partial charge in [0.25, 0.3) is 0 Å². The molecule has 0 saturated heterocycles. The normalized spacial score (nSPS) is 12.1. The smallest absolute Gasteiger partial charge is 0.226 e. The molecule has 0 aliphatic heterocycles. The zero-order valence-electron chi connectivity index (χ0n) is 12.1. The fourth-order valence-corrected chi connectivity index (χ4v) is 1.85. The van der Waals surface area contributed by atoms with E-state index in [-0.39, 0.29) is 12.0 Å². The van der Waals surface area contributed by atoms with Crippen LogP contribution in [0, 0.1) is 6.92 Å². The van der Waals surface area contributed by atoms with E-state index in [0.717, 1.165) is 16.9 Å². The molecule has 0 heterocycles. The minimum Gasteiger partial charge on any atom is -0.496 e. The Morgan fingerprint density at radius 3 is 2.74 bits per heavy atom. The molecular formula is C15H23NO3. The van der Waals surface area contributed by atoms with E-state index in [4.69, 9.17) is 4.74 Å². The van der Waals surface area contributed by atoms with Crippen molar-refractivity contribution in [1.82, 2.24) is 4.90 Å². The van der Waals surface area contributed by atoms with Crippen LogP contribution < -0.4 is 4.74 Å². The quantitative estimate of drug-likeness (QED) is 0.853. The summed E-state index contributed by atoms with van der Waals surface area (Å²) in [6.45, 7) is 4.27. The minimum atomic E-state index is -0.385. The largest absolute Gasteiger partial charge is 0.496 e. The molecular weight excluding hydrogens is 242 g/mol. The summed E-state index contributed by atoms with van der Waals surface area (Å²) < 4.78 is 5.27. The minimum absolute atomic E-state index is 0.0320. The first-order chi connectivity index (χ1) is 8.93. The molecule has 1 amide bonds. The molecule has 0 aromatic heterocycles. The number of ether oxygens (including phenoxy) is 1. The maximum atomic E-state index is 12.1. The van der Waals surface area contributed by atoms with Gasteiger partial charge in [0.05, 0.1) is 19.6 Å². The zero-order valence-corrected chi connectivity index (χ0v) is 12.1. The Morgan fingerprint density at radius 1 is 1.47 bits per heavy atom. The molecule has 1 atom stereocenters. The molecule has 1 aromatic rings. The van der Waals surface area contributed by atoms with Crippen molar-refractivity contribution in [3.8, 4) is 5.75 Å². The number of rotatable bonds is 6. The lowest BCUT2D eigenvalue weighted by Gasteiger charge is -2.19. The molecule has 4 heteroatoms. The van der Waals surface area contributed by atoms with Gasteiger partial charge in [0, 0.05) is 19.2 Å². The highest BCUT2D eigenvalue weighted by Gasteiger charge is 2.13. The first-order valence-corrected chi connectivity index (χ1v) is 6.49. The number of carbonyl (C=O) groups is 1. The van der Waals surface area contributed by atoms with Crippen molar-refractivity contribution in [3.05, 3.63) is 29.3 Å². The molecule has 1 aromatic carbocycles. The summed E-state index contributed by atoms with van der Waals surface area (Å²) in [5, 5.41) is 9.23. The van der Waals surface area contributed by atoms with Crippen molar-refractivity contribution in [1.29, 1.82) is 0 Å².